The summed E-state index contributed by atoms with van der Waals surface area (Å²) in [6.07, 6.45) is -2.63. The molecule has 1 aliphatic rings. The Bertz CT molecular complexity index is 363. The highest BCUT2D eigenvalue weighted by molar-refractivity contribution is 6.21. The van der Waals surface area contributed by atoms with Crippen molar-refractivity contribution in [3.63, 3.8) is 0 Å². The zero-order valence-corrected chi connectivity index (χ0v) is 9.09. The molecule has 0 bridgehead atoms. The zero-order valence-electron chi connectivity index (χ0n) is 8.34. The van der Waals surface area contributed by atoms with Crippen molar-refractivity contribution in [3.8, 4) is 0 Å². The summed E-state index contributed by atoms with van der Waals surface area (Å²) in [5.74, 6) is 0.552. The molecule has 1 aliphatic heterocycles. The van der Waals surface area contributed by atoms with Crippen LogP contribution in [0.2, 0.25) is 0 Å². The number of hydrogen-bond donors (Lipinski definition) is 0. The van der Waals surface area contributed by atoms with Crippen molar-refractivity contribution in [2.75, 3.05) is 18.0 Å². The summed E-state index contributed by atoms with van der Waals surface area (Å²) >= 11 is 5.91. The Balaban J connectivity index is 2.14. The standard InChI is InChI=1S/C10H10ClF3N2/c11-8-3-4-16(6-8)9-2-1-7(5-15-9)10(12,13)14/h1-2,5,8H,3-4,6H2. The number of alkyl halides is 4. The number of halogens is 4. The van der Waals surface area contributed by atoms with Crippen molar-refractivity contribution in [1.82, 2.24) is 4.98 Å². The van der Waals surface area contributed by atoms with Crippen LogP contribution in [0.25, 0.3) is 0 Å². The molecule has 0 saturated carbocycles. The van der Waals surface area contributed by atoms with E-state index in [9.17, 15) is 13.2 Å². The Labute approximate surface area is 96.0 Å². The molecule has 0 radical (unpaired) electrons. The van der Waals surface area contributed by atoms with Gasteiger partial charge in [-0.05, 0) is 18.6 Å². The average Bonchev–Trinajstić information content (AvgIpc) is 2.64. The second-order valence-corrected chi connectivity index (χ2v) is 4.35. The number of aromatic nitrogens is 1. The van der Waals surface area contributed by atoms with E-state index < -0.39 is 11.7 Å². The highest BCUT2D eigenvalue weighted by atomic mass is 35.5. The summed E-state index contributed by atoms with van der Waals surface area (Å²) in [4.78, 5) is 5.70. The molecule has 0 aliphatic carbocycles. The van der Waals surface area contributed by atoms with Gasteiger partial charge in [0.15, 0.2) is 0 Å². The summed E-state index contributed by atoms with van der Waals surface area (Å²) < 4.78 is 36.9. The first-order chi connectivity index (χ1) is 7.47. The van der Waals surface area contributed by atoms with Crippen molar-refractivity contribution < 1.29 is 13.2 Å². The molecule has 1 aromatic heterocycles. The molecule has 1 aromatic rings. The van der Waals surface area contributed by atoms with Crippen LogP contribution in [0, 0.1) is 0 Å². The van der Waals surface area contributed by atoms with Crippen LogP contribution in [-0.4, -0.2) is 23.5 Å². The minimum Gasteiger partial charge on any atom is -0.355 e. The van der Waals surface area contributed by atoms with Crippen LogP contribution >= 0.6 is 11.6 Å². The predicted octanol–water partition coefficient (Wildman–Crippen LogP) is 2.92. The van der Waals surface area contributed by atoms with Gasteiger partial charge >= 0.3 is 6.18 Å². The fraction of sp³-hybridized carbons (Fsp3) is 0.500. The fourth-order valence-electron chi connectivity index (χ4n) is 1.67. The third-order valence-electron chi connectivity index (χ3n) is 2.53. The van der Waals surface area contributed by atoms with Gasteiger partial charge in [0, 0.05) is 19.3 Å². The van der Waals surface area contributed by atoms with Gasteiger partial charge in [-0.3, -0.25) is 0 Å². The Kier molecular flexibility index (Phi) is 2.97. The summed E-state index contributed by atoms with van der Waals surface area (Å²) in [5.41, 5.74) is -0.724. The number of anilines is 1. The van der Waals surface area contributed by atoms with E-state index >= 15 is 0 Å². The van der Waals surface area contributed by atoms with Crippen molar-refractivity contribution in [3.05, 3.63) is 23.9 Å². The van der Waals surface area contributed by atoms with Crippen LogP contribution in [0.3, 0.4) is 0 Å². The summed E-state index contributed by atoms with van der Waals surface area (Å²) in [5, 5.41) is 0.0593. The van der Waals surface area contributed by atoms with Gasteiger partial charge in [0.2, 0.25) is 0 Å². The van der Waals surface area contributed by atoms with Crippen LogP contribution in [-0.2, 0) is 6.18 Å². The molecule has 6 heteroatoms. The molecule has 1 saturated heterocycles. The Morgan fingerprint density at radius 2 is 2.12 bits per heavy atom. The first kappa shape index (κ1) is 11.5. The fourth-order valence-corrected chi connectivity index (χ4v) is 1.93. The van der Waals surface area contributed by atoms with Gasteiger partial charge in [0.05, 0.1) is 10.9 Å². The lowest BCUT2D eigenvalue weighted by Gasteiger charge is -2.16. The molecule has 1 unspecified atom stereocenters. The van der Waals surface area contributed by atoms with Crippen molar-refractivity contribution in [2.24, 2.45) is 0 Å². The van der Waals surface area contributed by atoms with Crippen LogP contribution in [0.5, 0.6) is 0 Å². The molecule has 0 amide bonds. The topological polar surface area (TPSA) is 16.1 Å². The molecular formula is C10H10ClF3N2. The first-order valence-corrected chi connectivity index (χ1v) is 5.33. The van der Waals surface area contributed by atoms with Crippen molar-refractivity contribution >= 4 is 17.4 Å². The van der Waals surface area contributed by atoms with Gasteiger partial charge in [-0.25, -0.2) is 4.98 Å². The summed E-state index contributed by atoms with van der Waals surface area (Å²) in [7, 11) is 0. The predicted molar refractivity (Wildman–Crippen MR) is 55.7 cm³/mol. The normalized spacial score (nSPS) is 21.5. The zero-order chi connectivity index (χ0) is 11.8. The third kappa shape index (κ3) is 2.40. The van der Waals surface area contributed by atoms with Crippen molar-refractivity contribution in [2.45, 2.75) is 18.0 Å². The second-order valence-electron chi connectivity index (χ2n) is 3.73. The molecule has 0 N–H and O–H groups in total. The molecule has 16 heavy (non-hydrogen) atoms. The van der Waals surface area contributed by atoms with Gasteiger partial charge < -0.3 is 4.90 Å². The summed E-state index contributed by atoms with van der Waals surface area (Å²) in [6.45, 7) is 1.38. The SMILES string of the molecule is FC(F)(F)c1ccc(N2CCC(Cl)C2)nc1. The molecule has 0 aromatic carbocycles. The van der Waals surface area contributed by atoms with Crippen LogP contribution in [0.4, 0.5) is 19.0 Å². The maximum atomic E-state index is 12.3. The largest absolute Gasteiger partial charge is 0.417 e. The van der Waals surface area contributed by atoms with E-state index in [0.29, 0.717) is 12.4 Å². The highest BCUT2D eigenvalue weighted by Gasteiger charge is 2.31. The van der Waals surface area contributed by atoms with E-state index in [2.05, 4.69) is 4.98 Å². The Hall–Kier alpha value is -0.970. The average molecular weight is 251 g/mol. The number of hydrogen-bond acceptors (Lipinski definition) is 2. The molecular weight excluding hydrogens is 241 g/mol. The quantitative estimate of drug-likeness (QED) is 0.713. The van der Waals surface area contributed by atoms with Gasteiger partial charge in [0.1, 0.15) is 5.82 Å². The van der Waals surface area contributed by atoms with Gasteiger partial charge in [-0.2, -0.15) is 13.2 Å². The lowest BCUT2D eigenvalue weighted by Crippen LogP contribution is -2.21. The van der Waals surface area contributed by atoms with E-state index in [0.717, 1.165) is 25.2 Å². The van der Waals surface area contributed by atoms with E-state index in [1.165, 1.54) is 6.07 Å². The van der Waals surface area contributed by atoms with Gasteiger partial charge in [-0.1, -0.05) is 0 Å². The summed E-state index contributed by atoms with van der Waals surface area (Å²) in [6, 6.07) is 2.43. The molecule has 0 spiro atoms. The highest BCUT2D eigenvalue weighted by Crippen LogP contribution is 2.30. The smallest absolute Gasteiger partial charge is 0.355 e. The molecule has 2 nitrogen and oxygen atoms in total. The minimum atomic E-state index is -4.33. The Morgan fingerprint density at radius 1 is 1.38 bits per heavy atom. The van der Waals surface area contributed by atoms with Crippen LogP contribution in [0.1, 0.15) is 12.0 Å². The molecule has 2 rings (SSSR count). The van der Waals surface area contributed by atoms with Gasteiger partial charge in [-0.15, -0.1) is 11.6 Å². The lowest BCUT2D eigenvalue weighted by molar-refractivity contribution is -0.137. The van der Waals surface area contributed by atoms with E-state index in [1.54, 1.807) is 0 Å². The molecule has 88 valence electrons. The van der Waals surface area contributed by atoms with E-state index in [1.807, 2.05) is 4.90 Å². The first-order valence-electron chi connectivity index (χ1n) is 4.89. The minimum absolute atomic E-state index is 0.0593. The van der Waals surface area contributed by atoms with E-state index in [4.69, 9.17) is 11.6 Å². The van der Waals surface area contributed by atoms with Gasteiger partial charge in [0.25, 0.3) is 0 Å². The van der Waals surface area contributed by atoms with Crippen molar-refractivity contribution in [1.29, 1.82) is 0 Å². The van der Waals surface area contributed by atoms with Crippen LogP contribution < -0.4 is 4.90 Å². The molecule has 1 atom stereocenters. The lowest BCUT2D eigenvalue weighted by atomic mass is 10.3. The molecule has 2 heterocycles. The van der Waals surface area contributed by atoms with E-state index in [-0.39, 0.29) is 5.38 Å². The second kappa shape index (κ2) is 4.13. The van der Waals surface area contributed by atoms with Crippen LogP contribution in [0.15, 0.2) is 18.3 Å². The number of rotatable bonds is 1. The number of nitrogens with zero attached hydrogens (tertiary/aromatic N) is 2. The third-order valence-corrected chi connectivity index (χ3v) is 2.89. The Morgan fingerprint density at radius 3 is 2.56 bits per heavy atom. The maximum absolute atomic E-state index is 12.3. The molecule has 1 fully saturated rings. The maximum Gasteiger partial charge on any atom is 0.417 e. The monoisotopic (exact) mass is 250 g/mol. The number of pyridine rings is 1.